The van der Waals surface area contributed by atoms with Crippen LogP contribution in [0, 0.1) is 24.0 Å². The number of imidazole rings is 2. The number of anilines is 4. The van der Waals surface area contributed by atoms with E-state index >= 15 is 0 Å². The SMILES string of the molecule is C.CNc1nc(N)ncc1C.Cc1cc([N+](=O)[O-])c(N)[nH]c1=O.Cn1ccc2c(=O)[nH]c(=O)[nH]c21.Cn1ccn2c(=O)[nH]c(=O)nc12.Cn1ccn2c(=O)nc(N)nc12. The van der Waals surface area contributed by atoms with Crippen molar-refractivity contribution >= 4 is 51.8 Å². The molecule has 0 fully saturated rings. The van der Waals surface area contributed by atoms with Gasteiger partial charge in [0, 0.05) is 82.6 Å². The number of hydrogen-bond donors (Lipinski definition) is 8. The maximum atomic E-state index is 11.1. The maximum absolute atomic E-state index is 11.1. The molecule has 0 bridgehead atoms. The van der Waals surface area contributed by atoms with Crippen molar-refractivity contribution in [3.63, 3.8) is 0 Å². The monoisotopic (exact) mass is 819 g/mol. The molecule has 8 rings (SSSR count). The van der Waals surface area contributed by atoms with Gasteiger partial charge in [0.05, 0.1) is 10.3 Å². The van der Waals surface area contributed by atoms with Crippen LogP contribution in [0.25, 0.3) is 22.6 Å². The summed E-state index contributed by atoms with van der Waals surface area (Å²) in [5, 5.41) is 13.7. The van der Waals surface area contributed by atoms with Gasteiger partial charge < -0.3 is 41.2 Å². The Labute approximate surface area is 329 Å². The number of pyridine rings is 1. The Morgan fingerprint density at radius 1 is 0.729 bits per heavy atom. The molecule has 312 valence electrons. The summed E-state index contributed by atoms with van der Waals surface area (Å²) in [6.07, 6.45) is 9.91. The second-order valence-electron chi connectivity index (χ2n) is 11.8. The molecule has 0 aliphatic carbocycles. The van der Waals surface area contributed by atoms with Gasteiger partial charge in [0.15, 0.2) is 5.82 Å². The molecule has 0 unspecified atom stereocenters. The van der Waals surface area contributed by atoms with Crippen molar-refractivity contribution < 1.29 is 4.92 Å². The fourth-order valence-electron chi connectivity index (χ4n) is 4.73. The number of fused-ring (bicyclic) bond motifs is 3. The summed E-state index contributed by atoms with van der Waals surface area (Å²) in [6.45, 7) is 3.40. The molecule has 0 radical (unpaired) electrons. The Morgan fingerprint density at radius 2 is 1.36 bits per heavy atom. The van der Waals surface area contributed by atoms with Crippen molar-refractivity contribution in [2.24, 2.45) is 21.1 Å². The zero-order valence-corrected chi connectivity index (χ0v) is 31.5. The first-order valence-corrected chi connectivity index (χ1v) is 16.3. The van der Waals surface area contributed by atoms with Crippen LogP contribution in [0.3, 0.4) is 0 Å². The van der Waals surface area contributed by atoms with Gasteiger partial charge in [-0.1, -0.05) is 7.43 Å². The molecule has 59 heavy (non-hydrogen) atoms. The number of aromatic nitrogens is 14. The summed E-state index contributed by atoms with van der Waals surface area (Å²) in [5.74, 6) is 1.70. The van der Waals surface area contributed by atoms with Gasteiger partial charge in [-0.2, -0.15) is 19.9 Å². The lowest BCUT2D eigenvalue weighted by Crippen LogP contribution is -2.27. The largest absolute Gasteiger partial charge is 0.379 e. The number of H-pyrrole nitrogens is 4. The van der Waals surface area contributed by atoms with Crippen molar-refractivity contribution in [1.29, 1.82) is 0 Å². The lowest BCUT2D eigenvalue weighted by Gasteiger charge is -2.01. The number of nitro groups is 1. The van der Waals surface area contributed by atoms with E-state index in [9.17, 15) is 38.9 Å². The van der Waals surface area contributed by atoms with E-state index in [1.807, 2.05) is 6.92 Å². The van der Waals surface area contributed by atoms with Gasteiger partial charge >= 0.3 is 28.4 Å². The summed E-state index contributed by atoms with van der Waals surface area (Å²) < 4.78 is 7.57. The van der Waals surface area contributed by atoms with Crippen LogP contribution in [0.2, 0.25) is 0 Å². The van der Waals surface area contributed by atoms with Gasteiger partial charge in [-0.05, 0) is 19.9 Å². The number of nitrogen functional groups attached to an aromatic ring is 3. The Balaban J connectivity index is 0.000000197. The number of nitrogens with one attached hydrogen (secondary N) is 5. The highest BCUT2D eigenvalue weighted by Crippen LogP contribution is 2.16. The zero-order chi connectivity index (χ0) is 43.0. The lowest BCUT2D eigenvalue weighted by atomic mass is 10.3. The van der Waals surface area contributed by atoms with Gasteiger partial charge in [0.25, 0.3) is 11.1 Å². The van der Waals surface area contributed by atoms with E-state index < -0.39 is 33.2 Å². The topological polar surface area (TPSA) is 387 Å². The van der Waals surface area contributed by atoms with Crippen molar-refractivity contribution in [3.05, 3.63) is 133 Å². The summed E-state index contributed by atoms with van der Waals surface area (Å²) in [6, 6.07) is 2.80. The van der Waals surface area contributed by atoms with Crippen LogP contribution in [0.4, 0.5) is 29.2 Å². The second-order valence-corrected chi connectivity index (χ2v) is 11.8. The van der Waals surface area contributed by atoms with Gasteiger partial charge in [0.1, 0.15) is 11.5 Å². The molecule has 11 N–H and O–H groups in total. The minimum Gasteiger partial charge on any atom is -0.379 e. The van der Waals surface area contributed by atoms with Crippen molar-refractivity contribution in [1.82, 2.24) is 67.4 Å². The standard InChI is InChI=1S/C7H7N3O2.C6H7N5O.C6H6N4O2.C6H10N4.C6H7N3O3.CH4/c1-10-3-2-4-5(10)8-7(12)9-6(4)11;1-10-2-3-11-5(10)8-4(7)9-6(11)12;1-9-2-3-10-5(9)7-4(11)8-6(10)12;1-4-3-9-6(7)10-5(4)8-2;1-3-2-4(9(11)12)5(7)8-6(3)10;/h2-3H,1H3,(H2,8,9,11,12);2-3H,1H3,(H2,7,9,12);2-3H,1H3,(H,8,11,12);3H,1-2H3,(H3,7,8,9,10);2H,1H3,(H3,7,8,10);1H4. The molecule has 8 heterocycles. The fourth-order valence-corrected chi connectivity index (χ4v) is 4.73. The van der Waals surface area contributed by atoms with E-state index in [2.05, 4.69) is 50.2 Å². The highest BCUT2D eigenvalue weighted by atomic mass is 16.6. The summed E-state index contributed by atoms with van der Waals surface area (Å²) in [5.41, 5.74) is 14.7. The molecule has 27 heteroatoms. The van der Waals surface area contributed by atoms with E-state index in [4.69, 9.17) is 17.2 Å². The normalized spacial score (nSPS) is 10.1. The smallest absolute Gasteiger partial charge is 0.357 e. The molecular formula is C32H41N19O8. The van der Waals surface area contributed by atoms with Gasteiger partial charge in [-0.25, -0.2) is 33.0 Å². The van der Waals surface area contributed by atoms with Crippen LogP contribution in [0.5, 0.6) is 0 Å². The molecule has 0 saturated carbocycles. The van der Waals surface area contributed by atoms with Crippen molar-refractivity contribution in [2.75, 3.05) is 29.6 Å². The maximum Gasteiger partial charge on any atom is 0.357 e. The van der Waals surface area contributed by atoms with Crippen LogP contribution < -0.4 is 56.4 Å². The number of aryl methyl sites for hydroxylation is 5. The highest BCUT2D eigenvalue weighted by Gasteiger charge is 2.13. The Morgan fingerprint density at radius 3 is 1.97 bits per heavy atom. The van der Waals surface area contributed by atoms with Crippen LogP contribution in [0.15, 0.2) is 78.1 Å². The molecule has 0 aromatic carbocycles. The molecule has 0 spiro atoms. The average Bonchev–Trinajstić information content (AvgIpc) is 3.85. The molecule has 0 atom stereocenters. The molecule has 27 nitrogen and oxygen atoms in total. The summed E-state index contributed by atoms with van der Waals surface area (Å²) >= 11 is 0. The number of rotatable bonds is 2. The molecule has 0 aliphatic heterocycles. The predicted molar refractivity (Wildman–Crippen MR) is 218 cm³/mol. The summed E-state index contributed by atoms with van der Waals surface area (Å²) in [7, 11) is 7.05. The van der Waals surface area contributed by atoms with E-state index in [1.54, 1.807) is 85.1 Å². The predicted octanol–water partition coefficient (Wildman–Crippen LogP) is -1.49. The third-order valence-electron chi connectivity index (χ3n) is 7.64. The Hall–Kier alpha value is -8.65. The van der Waals surface area contributed by atoms with E-state index in [1.165, 1.54) is 15.7 Å². The van der Waals surface area contributed by atoms with Crippen LogP contribution in [-0.4, -0.2) is 79.3 Å². The van der Waals surface area contributed by atoms with Gasteiger partial charge in [-0.3, -0.25) is 34.7 Å². The first-order valence-electron chi connectivity index (χ1n) is 16.3. The van der Waals surface area contributed by atoms with Gasteiger partial charge in [0.2, 0.25) is 23.5 Å². The molecule has 8 aromatic heterocycles. The molecule has 0 amide bonds. The Bertz CT molecular complexity index is 3020. The average molecular weight is 820 g/mol. The lowest BCUT2D eigenvalue weighted by molar-refractivity contribution is -0.384. The molecule has 0 saturated heterocycles. The minimum absolute atomic E-state index is 0. The Kier molecular flexibility index (Phi) is 14.3. The van der Waals surface area contributed by atoms with E-state index in [0.29, 0.717) is 28.5 Å². The minimum atomic E-state index is -0.641. The van der Waals surface area contributed by atoms with E-state index in [-0.39, 0.29) is 36.0 Å². The van der Waals surface area contributed by atoms with Crippen molar-refractivity contribution in [2.45, 2.75) is 21.3 Å². The van der Waals surface area contributed by atoms with Crippen LogP contribution in [-0.2, 0) is 21.1 Å². The van der Waals surface area contributed by atoms with Crippen LogP contribution in [0.1, 0.15) is 18.6 Å². The van der Waals surface area contributed by atoms with Crippen LogP contribution >= 0.6 is 0 Å². The zero-order valence-electron chi connectivity index (χ0n) is 31.5. The van der Waals surface area contributed by atoms with Crippen molar-refractivity contribution in [3.8, 4) is 0 Å². The third kappa shape index (κ3) is 10.8. The summed E-state index contributed by atoms with van der Waals surface area (Å²) in [4.78, 5) is 103. The first kappa shape index (κ1) is 44.7. The number of nitrogens with zero attached hydrogens (tertiary/aromatic N) is 11. The second kappa shape index (κ2) is 18.8. The molecule has 0 aliphatic rings. The first-order chi connectivity index (χ1) is 27.3. The van der Waals surface area contributed by atoms with Gasteiger partial charge in [-0.15, -0.1) is 0 Å². The number of aromatic amines is 4. The molecular weight excluding hydrogens is 778 g/mol. The van der Waals surface area contributed by atoms with E-state index in [0.717, 1.165) is 17.4 Å². The highest BCUT2D eigenvalue weighted by molar-refractivity contribution is 5.74. The fraction of sp³-hybridized carbons (Fsp3) is 0.219. The third-order valence-corrected chi connectivity index (χ3v) is 7.64. The number of nitrogens with two attached hydrogens (primary N) is 3. The number of hydrogen-bond acceptors (Lipinski definition) is 17. The quantitative estimate of drug-likeness (QED) is 0.0727. The molecule has 8 aromatic rings.